The SMILES string of the molecule is CCCNC(CO)CSc1nccs1. The van der Waals surface area contributed by atoms with E-state index >= 15 is 0 Å². The summed E-state index contributed by atoms with van der Waals surface area (Å²) in [7, 11) is 0. The lowest BCUT2D eigenvalue weighted by Gasteiger charge is -2.14. The summed E-state index contributed by atoms with van der Waals surface area (Å²) < 4.78 is 1.07. The third-order valence-electron chi connectivity index (χ3n) is 1.72. The Morgan fingerprint density at radius 3 is 3.14 bits per heavy atom. The van der Waals surface area contributed by atoms with E-state index in [2.05, 4.69) is 17.2 Å². The molecular formula is C9H16N2OS2. The number of aromatic nitrogens is 1. The van der Waals surface area contributed by atoms with Crippen LogP contribution in [0.25, 0.3) is 0 Å². The molecule has 1 rings (SSSR count). The number of hydrogen-bond donors (Lipinski definition) is 2. The smallest absolute Gasteiger partial charge is 0.149 e. The maximum Gasteiger partial charge on any atom is 0.149 e. The van der Waals surface area contributed by atoms with Gasteiger partial charge < -0.3 is 10.4 Å². The molecule has 0 saturated carbocycles. The average molecular weight is 232 g/mol. The Morgan fingerprint density at radius 1 is 1.71 bits per heavy atom. The highest BCUT2D eigenvalue weighted by Gasteiger charge is 2.07. The van der Waals surface area contributed by atoms with Crippen LogP contribution in [0.2, 0.25) is 0 Å². The van der Waals surface area contributed by atoms with Crippen molar-refractivity contribution in [3.63, 3.8) is 0 Å². The van der Waals surface area contributed by atoms with E-state index in [1.165, 1.54) is 0 Å². The van der Waals surface area contributed by atoms with Crippen LogP contribution in [0, 0.1) is 0 Å². The van der Waals surface area contributed by atoms with Gasteiger partial charge in [-0.15, -0.1) is 11.3 Å². The molecule has 1 unspecified atom stereocenters. The number of thiazole rings is 1. The van der Waals surface area contributed by atoms with Gasteiger partial charge in [0.2, 0.25) is 0 Å². The van der Waals surface area contributed by atoms with Crippen LogP contribution in [0.15, 0.2) is 15.9 Å². The summed E-state index contributed by atoms with van der Waals surface area (Å²) in [6.07, 6.45) is 2.90. The van der Waals surface area contributed by atoms with E-state index in [0.29, 0.717) is 0 Å². The summed E-state index contributed by atoms with van der Waals surface area (Å²) in [6, 6.07) is 0.184. The molecule has 0 aliphatic heterocycles. The molecule has 5 heteroatoms. The van der Waals surface area contributed by atoms with Gasteiger partial charge in [0.05, 0.1) is 6.61 Å². The Balaban J connectivity index is 2.20. The zero-order chi connectivity index (χ0) is 10.2. The number of nitrogens with zero attached hydrogens (tertiary/aromatic N) is 1. The highest BCUT2D eigenvalue weighted by molar-refractivity contribution is 8.01. The van der Waals surface area contributed by atoms with Crippen molar-refractivity contribution in [3.8, 4) is 0 Å². The molecule has 0 amide bonds. The van der Waals surface area contributed by atoms with E-state index in [9.17, 15) is 0 Å². The van der Waals surface area contributed by atoms with Crippen LogP contribution < -0.4 is 5.32 Å². The molecule has 80 valence electrons. The topological polar surface area (TPSA) is 45.1 Å². The minimum Gasteiger partial charge on any atom is -0.395 e. The van der Waals surface area contributed by atoms with Crippen LogP contribution in [-0.4, -0.2) is 35.0 Å². The van der Waals surface area contributed by atoms with Crippen LogP contribution in [0.5, 0.6) is 0 Å². The second-order valence-electron chi connectivity index (χ2n) is 2.94. The van der Waals surface area contributed by atoms with Crippen LogP contribution in [0.4, 0.5) is 0 Å². The van der Waals surface area contributed by atoms with Crippen molar-refractivity contribution in [2.75, 3.05) is 18.9 Å². The molecule has 1 atom stereocenters. The predicted molar refractivity (Wildman–Crippen MR) is 62.0 cm³/mol. The number of aliphatic hydroxyl groups is 1. The minimum absolute atomic E-state index is 0.184. The van der Waals surface area contributed by atoms with Crippen molar-refractivity contribution in [2.24, 2.45) is 0 Å². The van der Waals surface area contributed by atoms with Gasteiger partial charge in [0.25, 0.3) is 0 Å². The zero-order valence-corrected chi connectivity index (χ0v) is 9.90. The first kappa shape index (κ1) is 12.0. The molecular weight excluding hydrogens is 216 g/mol. The van der Waals surface area contributed by atoms with Crippen molar-refractivity contribution < 1.29 is 5.11 Å². The Bertz CT molecular complexity index is 229. The van der Waals surface area contributed by atoms with Crippen LogP contribution in [-0.2, 0) is 0 Å². The monoisotopic (exact) mass is 232 g/mol. The van der Waals surface area contributed by atoms with E-state index in [-0.39, 0.29) is 12.6 Å². The molecule has 0 spiro atoms. The first-order valence-electron chi connectivity index (χ1n) is 4.73. The van der Waals surface area contributed by atoms with Crippen LogP contribution in [0.3, 0.4) is 0 Å². The van der Waals surface area contributed by atoms with E-state index < -0.39 is 0 Å². The number of aliphatic hydroxyl groups excluding tert-OH is 1. The summed E-state index contributed by atoms with van der Waals surface area (Å²) in [5.41, 5.74) is 0. The third kappa shape index (κ3) is 4.41. The molecule has 0 fully saturated rings. The van der Waals surface area contributed by atoms with Gasteiger partial charge >= 0.3 is 0 Å². The van der Waals surface area contributed by atoms with Gasteiger partial charge in [0, 0.05) is 23.4 Å². The van der Waals surface area contributed by atoms with Gasteiger partial charge in [0.15, 0.2) is 0 Å². The lowest BCUT2D eigenvalue weighted by atomic mass is 10.3. The number of rotatable bonds is 7. The summed E-state index contributed by atoms with van der Waals surface area (Å²) in [5, 5.41) is 14.3. The Kier molecular flexibility index (Phi) is 6.18. The van der Waals surface area contributed by atoms with Crippen molar-refractivity contribution in [3.05, 3.63) is 11.6 Å². The second-order valence-corrected chi connectivity index (χ2v) is 5.10. The number of hydrogen-bond acceptors (Lipinski definition) is 5. The zero-order valence-electron chi connectivity index (χ0n) is 8.27. The highest BCUT2D eigenvalue weighted by atomic mass is 32.2. The van der Waals surface area contributed by atoms with E-state index in [1.807, 2.05) is 5.38 Å². The molecule has 0 aliphatic carbocycles. The standard InChI is InChI=1S/C9H16N2OS2/c1-2-3-10-8(6-12)7-14-9-11-4-5-13-9/h4-5,8,10,12H,2-3,6-7H2,1H3. The number of nitrogens with one attached hydrogen (secondary N) is 1. The lowest BCUT2D eigenvalue weighted by Crippen LogP contribution is -2.35. The van der Waals surface area contributed by atoms with Crippen LogP contribution >= 0.6 is 23.1 Å². The molecule has 0 saturated heterocycles. The van der Waals surface area contributed by atoms with E-state index in [4.69, 9.17) is 5.11 Å². The molecule has 1 heterocycles. The van der Waals surface area contributed by atoms with Crippen molar-refractivity contribution >= 4 is 23.1 Å². The second kappa shape index (κ2) is 7.23. The molecule has 14 heavy (non-hydrogen) atoms. The Hall–Kier alpha value is -0.100. The Labute approximate surface area is 92.9 Å². The number of thioether (sulfide) groups is 1. The Morgan fingerprint density at radius 2 is 2.57 bits per heavy atom. The first-order valence-corrected chi connectivity index (χ1v) is 6.60. The minimum atomic E-state index is 0.184. The molecule has 1 aromatic rings. The molecule has 0 radical (unpaired) electrons. The normalized spacial score (nSPS) is 13.0. The van der Waals surface area contributed by atoms with Gasteiger partial charge in [-0.25, -0.2) is 4.98 Å². The summed E-state index contributed by atoms with van der Waals surface area (Å²) in [4.78, 5) is 4.17. The fourth-order valence-corrected chi connectivity index (χ4v) is 2.68. The fraction of sp³-hybridized carbons (Fsp3) is 0.667. The van der Waals surface area contributed by atoms with E-state index in [0.717, 1.165) is 23.1 Å². The van der Waals surface area contributed by atoms with Gasteiger partial charge in [-0.3, -0.25) is 0 Å². The quantitative estimate of drug-likeness (QED) is 0.701. The predicted octanol–water partition coefficient (Wildman–Crippen LogP) is 1.60. The summed E-state index contributed by atoms with van der Waals surface area (Å²) in [6.45, 7) is 3.28. The van der Waals surface area contributed by atoms with Gasteiger partial charge in [0.1, 0.15) is 4.34 Å². The van der Waals surface area contributed by atoms with Crippen LogP contribution in [0.1, 0.15) is 13.3 Å². The molecule has 0 aromatic carbocycles. The molecule has 2 N–H and O–H groups in total. The molecule has 3 nitrogen and oxygen atoms in total. The van der Waals surface area contributed by atoms with E-state index in [1.54, 1.807) is 29.3 Å². The third-order valence-corrected chi connectivity index (χ3v) is 3.85. The summed E-state index contributed by atoms with van der Waals surface area (Å²) >= 11 is 3.34. The maximum absolute atomic E-state index is 9.09. The molecule has 0 aliphatic rings. The first-order chi connectivity index (χ1) is 6.86. The maximum atomic E-state index is 9.09. The van der Waals surface area contributed by atoms with Gasteiger partial charge in [-0.05, 0) is 13.0 Å². The summed E-state index contributed by atoms with van der Waals surface area (Å²) in [5.74, 6) is 0.879. The molecule has 0 bridgehead atoms. The fourth-order valence-electron chi connectivity index (χ4n) is 0.978. The highest BCUT2D eigenvalue weighted by Crippen LogP contribution is 2.20. The van der Waals surface area contributed by atoms with Crippen molar-refractivity contribution in [2.45, 2.75) is 23.7 Å². The van der Waals surface area contributed by atoms with Crippen molar-refractivity contribution in [1.82, 2.24) is 10.3 Å². The largest absolute Gasteiger partial charge is 0.395 e. The average Bonchev–Trinajstić information content (AvgIpc) is 2.71. The van der Waals surface area contributed by atoms with Gasteiger partial charge in [-0.1, -0.05) is 18.7 Å². The lowest BCUT2D eigenvalue weighted by molar-refractivity contribution is 0.254. The molecule has 1 aromatic heterocycles. The van der Waals surface area contributed by atoms with Gasteiger partial charge in [-0.2, -0.15) is 0 Å². The van der Waals surface area contributed by atoms with Crippen molar-refractivity contribution in [1.29, 1.82) is 0 Å².